The molecule has 0 aliphatic rings. The van der Waals surface area contributed by atoms with Crippen LogP contribution in [0.2, 0.25) is 0 Å². The Hall–Kier alpha value is -3.57. The van der Waals surface area contributed by atoms with Gasteiger partial charge in [-0.2, -0.15) is 0 Å². The van der Waals surface area contributed by atoms with Crippen molar-refractivity contribution < 1.29 is 14.3 Å². The Morgan fingerprint density at radius 1 is 0.788 bits per heavy atom. The molecule has 33 heavy (non-hydrogen) atoms. The molecule has 4 rings (SSSR count). The van der Waals surface area contributed by atoms with E-state index in [9.17, 15) is 4.79 Å². The normalized spacial score (nSPS) is 10.6. The summed E-state index contributed by atoms with van der Waals surface area (Å²) in [6, 6.07) is 30.0. The number of benzene rings is 3. The van der Waals surface area contributed by atoms with E-state index in [-0.39, 0.29) is 5.91 Å². The van der Waals surface area contributed by atoms with Crippen LogP contribution in [0.4, 0.5) is 0 Å². The van der Waals surface area contributed by atoms with Crippen LogP contribution in [0.1, 0.15) is 21.6 Å². The second-order valence-corrected chi connectivity index (χ2v) is 8.78. The molecule has 3 aromatic carbocycles. The summed E-state index contributed by atoms with van der Waals surface area (Å²) in [6.45, 7) is 1.52. The number of nitrogens with zero attached hydrogens (tertiary/aromatic N) is 1. The van der Waals surface area contributed by atoms with E-state index in [0.29, 0.717) is 37.6 Å². The molecule has 0 spiro atoms. The topological polar surface area (TPSA) is 38.8 Å². The number of hydrogen-bond donors (Lipinski definition) is 0. The number of ether oxygens (including phenoxy) is 2. The van der Waals surface area contributed by atoms with Gasteiger partial charge in [0.05, 0.1) is 13.5 Å². The van der Waals surface area contributed by atoms with Gasteiger partial charge < -0.3 is 14.4 Å². The Bertz CT molecular complexity index is 1140. The van der Waals surface area contributed by atoms with Crippen molar-refractivity contribution >= 4 is 17.2 Å². The zero-order valence-electron chi connectivity index (χ0n) is 18.6. The van der Waals surface area contributed by atoms with Gasteiger partial charge in [0.15, 0.2) is 11.5 Å². The largest absolute Gasteiger partial charge is 0.493 e. The molecule has 5 heteroatoms. The fourth-order valence-corrected chi connectivity index (χ4v) is 4.29. The average Bonchev–Trinajstić information content (AvgIpc) is 3.37. The molecular formula is C28H27NO3S. The maximum atomic E-state index is 13.2. The van der Waals surface area contributed by atoms with Crippen LogP contribution in [0.3, 0.4) is 0 Å². The lowest BCUT2D eigenvalue weighted by Crippen LogP contribution is -2.31. The Morgan fingerprint density at radius 2 is 1.48 bits per heavy atom. The summed E-state index contributed by atoms with van der Waals surface area (Å²) in [7, 11) is 1.64. The molecule has 0 atom stereocenters. The summed E-state index contributed by atoms with van der Waals surface area (Å²) in [4.78, 5) is 16.1. The first-order chi connectivity index (χ1) is 16.2. The smallest absolute Gasteiger partial charge is 0.228 e. The molecule has 0 bridgehead atoms. The molecule has 4 nitrogen and oxygen atoms in total. The lowest BCUT2D eigenvalue weighted by Gasteiger charge is -2.23. The van der Waals surface area contributed by atoms with E-state index >= 15 is 0 Å². The standard InChI is InChI=1S/C28H27NO3S/c1-31-27-17-24(14-15-26(27)32-21-23-11-6-3-7-12-23)20-29(19-22-9-4-2-5-10-22)28(30)18-25-13-8-16-33-25/h2-17H,18-21H2,1H3. The van der Waals surface area contributed by atoms with Crippen molar-refractivity contribution in [3.05, 3.63) is 118 Å². The van der Waals surface area contributed by atoms with Crippen LogP contribution in [0.5, 0.6) is 11.5 Å². The lowest BCUT2D eigenvalue weighted by atomic mass is 10.1. The van der Waals surface area contributed by atoms with Crippen LogP contribution < -0.4 is 9.47 Å². The third kappa shape index (κ3) is 6.46. The minimum Gasteiger partial charge on any atom is -0.493 e. The highest BCUT2D eigenvalue weighted by Gasteiger charge is 2.17. The predicted octanol–water partition coefficient (Wildman–Crippen LogP) is 6.11. The number of methoxy groups -OCH3 is 1. The quantitative estimate of drug-likeness (QED) is 0.288. The second-order valence-electron chi connectivity index (χ2n) is 7.75. The van der Waals surface area contributed by atoms with Crippen LogP contribution in [-0.4, -0.2) is 17.9 Å². The van der Waals surface area contributed by atoms with Crippen molar-refractivity contribution in [1.82, 2.24) is 4.90 Å². The van der Waals surface area contributed by atoms with Crippen molar-refractivity contribution in [1.29, 1.82) is 0 Å². The molecule has 168 valence electrons. The van der Waals surface area contributed by atoms with Gasteiger partial charge in [0.2, 0.25) is 5.91 Å². The molecule has 0 N–H and O–H groups in total. The van der Waals surface area contributed by atoms with E-state index in [1.165, 1.54) is 0 Å². The maximum absolute atomic E-state index is 13.2. The van der Waals surface area contributed by atoms with Crippen LogP contribution in [0.25, 0.3) is 0 Å². The SMILES string of the molecule is COc1cc(CN(Cc2ccccc2)C(=O)Cc2cccs2)ccc1OCc1ccccc1. The van der Waals surface area contributed by atoms with Crippen molar-refractivity contribution in [3.8, 4) is 11.5 Å². The fourth-order valence-electron chi connectivity index (χ4n) is 3.60. The monoisotopic (exact) mass is 457 g/mol. The van der Waals surface area contributed by atoms with Crippen LogP contribution in [-0.2, 0) is 30.9 Å². The Morgan fingerprint density at radius 3 is 2.15 bits per heavy atom. The second kappa shape index (κ2) is 11.3. The van der Waals surface area contributed by atoms with E-state index in [0.717, 1.165) is 21.6 Å². The maximum Gasteiger partial charge on any atom is 0.228 e. The molecule has 1 aromatic heterocycles. The molecule has 0 aliphatic carbocycles. The summed E-state index contributed by atoms with van der Waals surface area (Å²) in [5.41, 5.74) is 3.19. The van der Waals surface area contributed by atoms with Gasteiger partial charge in [-0.25, -0.2) is 0 Å². The van der Waals surface area contributed by atoms with Gasteiger partial charge in [0.25, 0.3) is 0 Å². The summed E-state index contributed by atoms with van der Waals surface area (Å²) in [5, 5.41) is 2.00. The fraction of sp³-hybridized carbons (Fsp3) is 0.179. The number of thiophene rings is 1. The highest BCUT2D eigenvalue weighted by atomic mass is 32.1. The zero-order chi connectivity index (χ0) is 22.9. The van der Waals surface area contributed by atoms with E-state index in [2.05, 4.69) is 0 Å². The minimum atomic E-state index is 0.102. The van der Waals surface area contributed by atoms with Gasteiger partial charge in [-0.15, -0.1) is 11.3 Å². The molecule has 1 amide bonds. The van der Waals surface area contributed by atoms with Crippen LogP contribution >= 0.6 is 11.3 Å². The minimum absolute atomic E-state index is 0.102. The Labute approximate surface area is 199 Å². The molecule has 4 aromatic rings. The van der Waals surface area contributed by atoms with Crippen molar-refractivity contribution in [2.24, 2.45) is 0 Å². The highest BCUT2D eigenvalue weighted by molar-refractivity contribution is 7.10. The number of amides is 1. The Kier molecular flexibility index (Phi) is 7.77. The molecule has 1 heterocycles. The summed E-state index contributed by atoms with van der Waals surface area (Å²) in [5.74, 6) is 1.45. The van der Waals surface area contributed by atoms with E-state index in [4.69, 9.17) is 9.47 Å². The first-order valence-corrected chi connectivity index (χ1v) is 11.8. The van der Waals surface area contributed by atoms with Crippen molar-refractivity contribution in [2.45, 2.75) is 26.1 Å². The van der Waals surface area contributed by atoms with Gasteiger partial charge in [-0.1, -0.05) is 72.8 Å². The van der Waals surface area contributed by atoms with E-state index < -0.39 is 0 Å². The number of carbonyl (C=O) groups excluding carboxylic acids is 1. The van der Waals surface area contributed by atoms with Crippen molar-refractivity contribution in [2.75, 3.05) is 7.11 Å². The molecule has 0 aliphatic heterocycles. The zero-order valence-corrected chi connectivity index (χ0v) is 19.5. The van der Waals surface area contributed by atoms with Gasteiger partial charge >= 0.3 is 0 Å². The van der Waals surface area contributed by atoms with Gasteiger partial charge in [-0.3, -0.25) is 4.79 Å². The van der Waals surface area contributed by atoms with Crippen LogP contribution in [0, 0.1) is 0 Å². The van der Waals surface area contributed by atoms with E-state index in [1.807, 2.05) is 101 Å². The summed E-state index contributed by atoms with van der Waals surface area (Å²) in [6.07, 6.45) is 0.403. The molecule has 0 unspecified atom stereocenters. The molecule has 0 saturated heterocycles. The Balaban J connectivity index is 1.49. The van der Waals surface area contributed by atoms with Crippen molar-refractivity contribution in [3.63, 3.8) is 0 Å². The highest BCUT2D eigenvalue weighted by Crippen LogP contribution is 2.29. The average molecular weight is 458 g/mol. The van der Waals surface area contributed by atoms with E-state index in [1.54, 1.807) is 18.4 Å². The number of rotatable bonds is 10. The number of carbonyl (C=O) groups is 1. The third-order valence-electron chi connectivity index (χ3n) is 5.31. The predicted molar refractivity (Wildman–Crippen MR) is 132 cm³/mol. The molecule has 0 radical (unpaired) electrons. The van der Waals surface area contributed by atoms with Gasteiger partial charge in [-0.05, 0) is 40.3 Å². The number of hydrogen-bond acceptors (Lipinski definition) is 4. The van der Waals surface area contributed by atoms with Crippen LogP contribution in [0.15, 0.2) is 96.4 Å². The summed E-state index contributed by atoms with van der Waals surface area (Å²) >= 11 is 1.61. The first-order valence-electron chi connectivity index (χ1n) is 10.9. The summed E-state index contributed by atoms with van der Waals surface area (Å²) < 4.78 is 11.6. The van der Waals surface area contributed by atoms with Gasteiger partial charge in [0.1, 0.15) is 6.61 Å². The van der Waals surface area contributed by atoms with Gasteiger partial charge in [0, 0.05) is 18.0 Å². The molecule has 0 saturated carbocycles. The molecular weight excluding hydrogens is 430 g/mol. The first kappa shape index (κ1) is 22.6. The molecule has 0 fully saturated rings. The third-order valence-corrected chi connectivity index (χ3v) is 6.19. The lowest BCUT2D eigenvalue weighted by molar-refractivity contribution is -0.131.